The molecule has 0 saturated heterocycles. The van der Waals surface area contributed by atoms with E-state index in [1.807, 2.05) is 48.5 Å². The Labute approximate surface area is 184 Å². The summed E-state index contributed by atoms with van der Waals surface area (Å²) in [6, 6.07) is 18.1. The van der Waals surface area contributed by atoms with Crippen LogP contribution in [0.2, 0.25) is 0 Å². The van der Waals surface area contributed by atoms with Gasteiger partial charge in [-0.1, -0.05) is 74.6 Å². The molecule has 3 rings (SSSR count). The average Bonchev–Trinajstić information content (AvgIpc) is 2.78. The Morgan fingerprint density at radius 2 is 1.13 bits per heavy atom. The highest BCUT2D eigenvalue weighted by atomic mass is 19.1. The number of hydrogen-bond acceptors (Lipinski definition) is 0. The molecular formula is C29H26F2. The van der Waals surface area contributed by atoms with Crippen molar-refractivity contribution in [2.45, 2.75) is 46.0 Å². The second-order valence-electron chi connectivity index (χ2n) is 7.52. The first kappa shape index (κ1) is 22.3. The highest BCUT2D eigenvalue weighted by Crippen LogP contribution is 2.15. The van der Waals surface area contributed by atoms with Crippen LogP contribution in [0.3, 0.4) is 0 Å². The summed E-state index contributed by atoms with van der Waals surface area (Å²) >= 11 is 0. The van der Waals surface area contributed by atoms with Crippen molar-refractivity contribution in [1.29, 1.82) is 0 Å². The summed E-state index contributed by atoms with van der Waals surface area (Å²) in [6.45, 7) is 4.27. The van der Waals surface area contributed by atoms with Gasteiger partial charge in [0.25, 0.3) is 0 Å². The summed E-state index contributed by atoms with van der Waals surface area (Å²) < 4.78 is 28.9. The molecule has 0 saturated carbocycles. The van der Waals surface area contributed by atoms with E-state index in [0.29, 0.717) is 0 Å². The molecule has 0 N–H and O–H groups in total. The largest absolute Gasteiger partial charge is 0.205 e. The molecule has 0 spiro atoms. The standard InChI is InChI=1S/C29H26F2/c1-3-5-6-7-23-12-14-25(15-13-23)18-19-27-28(30)20-26(21-29(27)31)17-16-24-10-8-22(4-2)9-11-24/h8-15,20-21H,3-7H2,1-2H3. The minimum Gasteiger partial charge on any atom is -0.205 e. The van der Waals surface area contributed by atoms with Gasteiger partial charge in [-0.3, -0.25) is 0 Å². The number of hydrogen-bond donors (Lipinski definition) is 0. The van der Waals surface area contributed by atoms with Gasteiger partial charge >= 0.3 is 0 Å². The fourth-order valence-corrected chi connectivity index (χ4v) is 3.20. The normalized spacial score (nSPS) is 10.1. The monoisotopic (exact) mass is 412 g/mol. The van der Waals surface area contributed by atoms with Crippen molar-refractivity contribution < 1.29 is 8.78 Å². The molecule has 0 heterocycles. The van der Waals surface area contributed by atoms with Gasteiger partial charge in [-0.05, 0) is 66.8 Å². The lowest BCUT2D eigenvalue weighted by Crippen LogP contribution is -1.93. The fourth-order valence-electron chi connectivity index (χ4n) is 3.20. The number of aryl methyl sites for hydroxylation is 2. The third kappa shape index (κ3) is 6.56. The van der Waals surface area contributed by atoms with Crippen LogP contribution in [0.25, 0.3) is 0 Å². The lowest BCUT2D eigenvalue weighted by molar-refractivity contribution is 0.577. The third-order valence-corrected chi connectivity index (χ3v) is 5.11. The first-order chi connectivity index (χ1) is 15.1. The highest BCUT2D eigenvalue weighted by Gasteiger charge is 2.08. The van der Waals surface area contributed by atoms with Crippen LogP contribution in [0.15, 0.2) is 60.7 Å². The molecular weight excluding hydrogens is 386 g/mol. The lowest BCUT2D eigenvalue weighted by Gasteiger charge is -2.01. The lowest BCUT2D eigenvalue weighted by atomic mass is 10.0. The molecule has 31 heavy (non-hydrogen) atoms. The second-order valence-corrected chi connectivity index (χ2v) is 7.52. The van der Waals surface area contributed by atoms with Gasteiger partial charge < -0.3 is 0 Å². The predicted octanol–water partition coefficient (Wildman–Crippen LogP) is 7.06. The van der Waals surface area contributed by atoms with E-state index in [1.165, 1.54) is 36.1 Å². The van der Waals surface area contributed by atoms with E-state index in [4.69, 9.17) is 0 Å². The number of unbranched alkanes of at least 4 members (excludes halogenated alkanes) is 2. The maximum Gasteiger partial charge on any atom is 0.143 e. The molecule has 156 valence electrons. The van der Waals surface area contributed by atoms with Crippen molar-refractivity contribution in [3.05, 3.63) is 106 Å². The molecule has 3 aromatic carbocycles. The summed E-state index contributed by atoms with van der Waals surface area (Å²) in [5, 5.41) is 0. The van der Waals surface area contributed by atoms with E-state index in [2.05, 4.69) is 37.5 Å². The van der Waals surface area contributed by atoms with Gasteiger partial charge in [0.05, 0.1) is 5.56 Å². The Bertz CT molecular complexity index is 1110. The van der Waals surface area contributed by atoms with E-state index in [1.54, 1.807) is 0 Å². The molecule has 0 aliphatic carbocycles. The maximum atomic E-state index is 14.5. The molecule has 0 bridgehead atoms. The maximum absolute atomic E-state index is 14.5. The van der Waals surface area contributed by atoms with E-state index < -0.39 is 11.6 Å². The predicted molar refractivity (Wildman–Crippen MR) is 124 cm³/mol. The molecule has 0 aliphatic heterocycles. The van der Waals surface area contributed by atoms with E-state index in [0.717, 1.165) is 30.4 Å². The van der Waals surface area contributed by atoms with Gasteiger partial charge in [0.2, 0.25) is 0 Å². The number of rotatable bonds is 5. The molecule has 2 heteroatoms. The van der Waals surface area contributed by atoms with Crippen LogP contribution in [0.1, 0.15) is 66.5 Å². The van der Waals surface area contributed by atoms with Crippen molar-refractivity contribution >= 4 is 0 Å². The number of benzene rings is 3. The topological polar surface area (TPSA) is 0 Å². The zero-order valence-corrected chi connectivity index (χ0v) is 18.1. The smallest absolute Gasteiger partial charge is 0.143 e. The second kappa shape index (κ2) is 11.1. The first-order valence-corrected chi connectivity index (χ1v) is 10.8. The number of halogens is 2. The van der Waals surface area contributed by atoms with Gasteiger partial charge in [-0.25, -0.2) is 8.78 Å². The van der Waals surface area contributed by atoms with E-state index in [-0.39, 0.29) is 11.1 Å². The molecule has 0 unspecified atom stereocenters. The third-order valence-electron chi connectivity index (χ3n) is 5.11. The summed E-state index contributed by atoms with van der Waals surface area (Å²) in [5.41, 5.74) is 4.07. The van der Waals surface area contributed by atoms with Crippen LogP contribution in [0, 0.1) is 35.3 Å². The van der Waals surface area contributed by atoms with Crippen LogP contribution in [-0.4, -0.2) is 0 Å². The molecule has 0 aliphatic rings. The molecule has 0 fully saturated rings. The Balaban J connectivity index is 1.73. The van der Waals surface area contributed by atoms with E-state index in [9.17, 15) is 8.78 Å². The molecule has 0 nitrogen and oxygen atoms in total. The van der Waals surface area contributed by atoms with Crippen molar-refractivity contribution in [3.63, 3.8) is 0 Å². The Morgan fingerprint density at radius 3 is 1.68 bits per heavy atom. The van der Waals surface area contributed by atoms with Gasteiger partial charge in [-0.15, -0.1) is 0 Å². The van der Waals surface area contributed by atoms with Gasteiger partial charge in [-0.2, -0.15) is 0 Å². The average molecular weight is 413 g/mol. The van der Waals surface area contributed by atoms with Gasteiger partial charge in [0, 0.05) is 16.7 Å². The molecule has 3 aromatic rings. The molecule has 0 aromatic heterocycles. The first-order valence-electron chi connectivity index (χ1n) is 10.8. The van der Waals surface area contributed by atoms with Gasteiger partial charge in [0.1, 0.15) is 11.6 Å². The van der Waals surface area contributed by atoms with Crippen molar-refractivity contribution in [3.8, 4) is 23.7 Å². The highest BCUT2D eigenvalue weighted by molar-refractivity contribution is 5.49. The van der Waals surface area contributed by atoms with E-state index >= 15 is 0 Å². The fraction of sp³-hybridized carbons (Fsp3) is 0.241. The van der Waals surface area contributed by atoms with Crippen molar-refractivity contribution in [1.82, 2.24) is 0 Å². The molecule has 0 radical (unpaired) electrons. The van der Waals surface area contributed by atoms with Crippen molar-refractivity contribution in [2.75, 3.05) is 0 Å². The summed E-state index contributed by atoms with van der Waals surface area (Å²) in [6.07, 6.45) is 5.56. The van der Waals surface area contributed by atoms with Crippen LogP contribution < -0.4 is 0 Å². The Morgan fingerprint density at radius 1 is 0.613 bits per heavy atom. The van der Waals surface area contributed by atoms with Crippen LogP contribution in [0.4, 0.5) is 8.78 Å². The van der Waals surface area contributed by atoms with Crippen LogP contribution in [0.5, 0.6) is 0 Å². The van der Waals surface area contributed by atoms with Crippen LogP contribution >= 0.6 is 0 Å². The minimum absolute atomic E-state index is 0.232. The SMILES string of the molecule is CCCCCc1ccc(C#Cc2c(F)cc(C#Cc3ccc(CC)cc3)cc2F)cc1. The Kier molecular flexibility index (Phi) is 8.03. The zero-order valence-electron chi connectivity index (χ0n) is 18.1. The van der Waals surface area contributed by atoms with Crippen molar-refractivity contribution in [2.24, 2.45) is 0 Å². The summed E-state index contributed by atoms with van der Waals surface area (Å²) in [7, 11) is 0. The molecule has 0 amide bonds. The van der Waals surface area contributed by atoms with Gasteiger partial charge in [0.15, 0.2) is 0 Å². The Hall–Kier alpha value is -3.36. The molecule has 0 atom stereocenters. The summed E-state index contributed by atoms with van der Waals surface area (Å²) in [4.78, 5) is 0. The van der Waals surface area contributed by atoms with Crippen LogP contribution in [-0.2, 0) is 12.8 Å². The zero-order chi connectivity index (χ0) is 22.1. The minimum atomic E-state index is -0.700. The summed E-state index contributed by atoms with van der Waals surface area (Å²) in [5.74, 6) is 9.87. The quantitative estimate of drug-likeness (QED) is 0.311.